The summed E-state index contributed by atoms with van der Waals surface area (Å²) in [7, 11) is 1.66. The Bertz CT molecular complexity index is 934. The summed E-state index contributed by atoms with van der Waals surface area (Å²) in [4.78, 5) is 32.0. The lowest BCUT2D eigenvalue weighted by molar-refractivity contribution is -0.127. The number of carbonyl (C=O) groups is 2. The molecule has 158 valence electrons. The lowest BCUT2D eigenvalue weighted by Crippen LogP contribution is -2.61. The number of ether oxygens (including phenoxy) is 1. The molecule has 2 aromatic rings. The van der Waals surface area contributed by atoms with Crippen molar-refractivity contribution >= 4 is 28.9 Å². The van der Waals surface area contributed by atoms with Crippen LogP contribution in [0.2, 0.25) is 0 Å². The van der Waals surface area contributed by atoms with E-state index in [2.05, 4.69) is 27.2 Å². The molecule has 2 aliphatic rings. The fourth-order valence-corrected chi connectivity index (χ4v) is 4.12. The van der Waals surface area contributed by atoms with Crippen molar-refractivity contribution in [1.29, 1.82) is 0 Å². The zero-order chi connectivity index (χ0) is 21.3. The van der Waals surface area contributed by atoms with Crippen LogP contribution in [0.4, 0.5) is 17.1 Å². The van der Waals surface area contributed by atoms with Gasteiger partial charge in [0.05, 0.1) is 25.0 Å². The second-order valence-corrected chi connectivity index (χ2v) is 8.22. The molecule has 7 heteroatoms. The van der Waals surface area contributed by atoms with Crippen molar-refractivity contribution in [2.45, 2.75) is 19.4 Å². The summed E-state index contributed by atoms with van der Waals surface area (Å²) in [5.41, 5.74) is 1.66. The Morgan fingerprint density at radius 1 is 1.03 bits per heavy atom. The van der Waals surface area contributed by atoms with Crippen LogP contribution >= 0.6 is 0 Å². The van der Waals surface area contributed by atoms with Gasteiger partial charge in [0.2, 0.25) is 11.8 Å². The van der Waals surface area contributed by atoms with Crippen LogP contribution in [0.5, 0.6) is 5.75 Å². The van der Waals surface area contributed by atoms with Crippen molar-refractivity contribution in [3.8, 4) is 5.75 Å². The van der Waals surface area contributed by atoms with Crippen LogP contribution in [0, 0.1) is 0 Å². The molecule has 2 amide bonds. The van der Waals surface area contributed by atoms with Gasteiger partial charge in [-0.2, -0.15) is 0 Å². The van der Waals surface area contributed by atoms with E-state index in [0.717, 1.165) is 43.3 Å². The van der Waals surface area contributed by atoms with Crippen LogP contribution in [0.15, 0.2) is 48.5 Å². The Kier molecular flexibility index (Phi) is 5.39. The maximum absolute atomic E-state index is 13.3. The molecule has 1 fully saturated rings. The maximum atomic E-state index is 13.3. The number of hydrogen-bond acceptors (Lipinski definition) is 5. The highest BCUT2D eigenvalue weighted by atomic mass is 16.5. The second kappa shape index (κ2) is 7.99. The highest BCUT2D eigenvalue weighted by Gasteiger charge is 2.43. The fraction of sp³-hybridized carbons (Fsp3) is 0.391. The summed E-state index contributed by atoms with van der Waals surface area (Å²) < 4.78 is 5.23. The van der Waals surface area contributed by atoms with Gasteiger partial charge in [0.15, 0.2) is 0 Å². The van der Waals surface area contributed by atoms with Gasteiger partial charge in [-0.05, 0) is 50.2 Å². The predicted octanol–water partition coefficient (Wildman–Crippen LogP) is 2.58. The average Bonchev–Trinajstić information content (AvgIpc) is 2.75. The maximum Gasteiger partial charge on any atom is 0.250 e. The minimum atomic E-state index is -0.934. The Morgan fingerprint density at radius 2 is 1.70 bits per heavy atom. The molecule has 0 aliphatic carbocycles. The minimum Gasteiger partial charge on any atom is -0.497 e. The number of piperazine rings is 1. The second-order valence-electron chi connectivity index (χ2n) is 8.22. The molecular weight excluding hydrogens is 380 g/mol. The number of benzene rings is 2. The number of anilines is 3. The molecule has 0 unspecified atom stereocenters. The molecule has 1 N–H and O–H groups in total. The Morgan fingerprint density at radius 3 is 2.37 bits per heavy atom. The first-order chi connectivity index (χ1) is 14.4. The van der Waals surface area contributed by atoms with Crippen LogP contribution < -0.4 is 19.9 Å². The van der Waals surface area contributed by atoms with Crippen LogP contribution in [0.3, 0.4) is 0 Å². The quantitative estimate of drug-likeness (QED) is 0.843. The van der Waals surface area contributed by atoms with E-state index in [0.29, 0.717) is 12.2 Å². The van der Waals surface area contributed by atoms with E-state index >= 15 is 0 Å². The molecule has 0 spiro atoms. The topological polar surface area (TPSA) is 65.1 Å². The van der Waals surface area contributed by atoms with Crippen LogP contribution in [-0.4, -0.2) is 62.1 Å². The number of nitrogens with one attached hydrogen (secondary N) is 1. The van der Waals surface area contributed by atoms with Gasteiger partial charge in [0, 0.05) is 31.9 Å². The van der Waals surface area contributed by atoms with E-state index in [9.17, 15) is 9.59 Å². The van der Waals surface area contributed by atoms with Gasteiger partial charge in [-0.25, -0.2) is 0 Å². The van der Waals surface area contributed by atoms with Crippen LogP contribution in [-0.2, 0) is 9.59 Å². The van der Waals surface area contributed by atoms with E-state index in [-0.39, 0.29) is 11.8 Å². The smallest absolute Gasteiger partial charge is 0.250 e. The number of nitrogens with zero attached hydrogens (tertiary/aromatic N) is 3. The molecule has 0 radical (unpaired) electrons. The molecule has 1 saturated heterocycles. The fourth-order valence-electron chi connectivity index (χ4n) is 4.12. The summed E-state index contributed by atoms with van der Waals surface area (Å²) in [6.07, 6.45) is 0. The normalized spacial score (nSPS) is 18.6. The molecular formula is C23H28N4O3. The van der Waals surface area contributed by atoms with Crippen molar-refractivity contribution in [3.63, 3.8) is 0 Å². The Balaban J connectivity index is 1.42. The number of amides is 2. The Hall–Kier alpha value is -3.06. The molecule has 7 nitrogen and oxygen atoms in total. The van der Waals surface area contributed by atoms with Crippen molar-refractivity contribution in [3.05, 3.63) is 48.5 Å². The van der Waals surface area contributed by atoms with Gasteiger partial charge >= 0.3 is 0 Å². The zero-order valence-electron chi connectivity index (χ0n) is 17.7. The Labute approximate surface area is 177 Å². The monoisotopic (exact) mass is 408 g/mol. The first-order valence-corrected chi connectivity index (χ1v) is 10.2. The van der Waals surface area contributed by atoms with Gasteiger partial charge in [0.1, 0.15) is 11.3 Å². The van der Waals surface area contributed by atoms with Gasteiger partial charge < -0.3 is 15.0 Å². The predicted molar refractivity (Wildman–Crippen MR) is 118 cm³/mol. The average molecular weight is 409 g/mol. The number of carbonyl (C=O) groups excluding carboxylic acids is 2. The van der Waals surface area contributed by atoms with Crippen LogP contribution in [0.25, 0.3) is 0 Å². The number of para-hydroxylation sites is 2. The third-order valence-corrected chi connectivity index (χ3v) is 5.93. The van der Waals surface area contributed by atoms with Gasteiger partial charge in [-0.15, -0.1) is 0 Å². The highest BCUT2D eigenvalue weighted by molar-refractivity contribution is 6.14. The highest BCUT2D eigenvalue weighted by Crippen LogP contribution is 2.36. The van der Waals surface area contributed by atoms with Gasteiger partial charge in [0.25, 0.3) is 0 Å². The molecule has 0 saturated carbocycles. The largest absolute Gasteiger partial charge is 0.497 e. The summed E-state index contributed by atoms with van der Waals surface area (Å²) in [5, 5.41) is 2.91. The molecule has 2 aliphatic heterocycles. The van der Waals surface area contributed by atoms with E-state index < -0.39 is 5.54 Å². The SMILES string of the molecule is COc1ccc(N2CCN(CC(=O)N3c4ccccc4NC(=O)C3(C)C)CC2)cc1. The molecule has 0 atom stereocenters. The number of hydrogen-bond donors (Lipinski definition) is 1. The third-order valence-electron chi connectivity index (χ3n) is 5.93. The number of methoxy groups -OCH3 is 1. The van der Waals surface area contributed by atoms with Gasteiger partial charge in [-0.3, -0.25) is 19.4 Å². The number of rotatable bonds is 4. The molecule has 0 aromatic heterocycles. The standard InChI is InChI=1S/C23H28N4O3/c1-23(2)22(29)24-19-6-4-5-7-20(19)27(23)21(28)16-25-12-14-26(15-13-25)17-8-10-18(30-3)11-9-17/h4-11H,12-16H2,1-3H3,(H,24,29). The summed E-state index contributed by atoms with van der Waals surface area (Å²) in [5.74, 6) is 0.621. The van der Waals surface area contributed by atoms with Gasteiger partial charge in [-0.1, -0.05) is 12.1 Å². The van der Waals surface area contributed by atoms with Crippen molar-refractivity contribution < 1.29 is 14.3 Å². The minimum absolute atomic E-state index is 0.0554. The van der Waals surface area contributed by atoms with Crippen LogP contribution in [0.1, 0.15) is 13.8 Å². The van der Waals surface area contributed by atoms with E-state index in [1.54, 1.807) is 25.9 Å². The lowest BCUT2D eigenvalue weighted by atomic mass is 9.96. The van der Waals surface area contributed by atoms with Crippen molar-refractivity contribution in [2.75, 3.05) is 55.0 Å². The summed E-state index contributed by atoms with van der Waals surface area (Å²) in [6, 6.07) is 15.5. The zero-order valence-corrected chi connectivity index (χ0v) is 17.7. The molecule has 0 bridgehead atoms. The molecule has 4 rings (SSSR count). The first-order valence-electron chi connectivity index (χ1n) is 10.2. The van der Waals surface area contributed by atoms with E-state index in [1.807, 2.05) is 36.4 Å². The summed E-state index contributed by atoms with van der Waals surface area (Å²) in [6.45, 7) is 7.15. The van der Waals surface area contributed by atoms with Crippen molar-refractivity contribution in [2.24, 2.45) is 0 Å². The van der Waals surface area contributed by atoms with E-state index in [4.69, 9.17) is 4.74 Å². The third kappa shape index (κ3) is 3.73. The molecule has 2 aromatic carbocycles. The first kappa shape index (κ1) is 20.2. The lowest BCUT2D eigenvalue weighted by Gasteiger charge is -2.43. The molecule has 2 heterocycles. The molecule has 30 heavy (non-hydrogen) atoms. The van der Waals surface area contributed by atoms with E-state index in [1.165, 1.54) is 0 Å². The summed E-state index contributed by atoms with van der Waals surface area (Å²) >= 11 is 0. The van der Waals surface area contributed by atoms with Crippen molar-refractivity contribution in [1.82, 2.24) is 4.90 Å². The number of fused-ring (bicyclic) bond motifs is 1.